The summed E-state index contributed by atoms with van der Waals surface area (Å²) in [5, 5.41) is 0. The maximum Gasteiger partial charge on any atom is 0.416 e. The molecule has 106 valence electrons. The third kappa shape index (κ3) is 2.63. The molecule has 1 heterocycles. The number of aromatic amines is 1. The Morgan fingerprint density at radius 1 is 1.40 bits per heavy atom. The van der Waals surface area contributed by atoms with Gasteiger partial charge in [0.1, 0.15) is 0 Å². The number of alkyl halides is 3. The number of rotatable bonds is 2. The highest BCUT2D eigenvalue weighted by atomic mass is 19.4. The average molecular weight is 286 g/mol. The number of carbonyl (C=O) groups excluding carboxylic acids is 1. The zero-order chi connectivity index (χ0) is 14.9. The number of nitrogens with zero attached hydrogens (tertiary/aromatic N) is 1. The molecule has 20 heavy (non-hydrogen) atoms. The van der Waals surface area contributed by atoms with E-state index in [1.807, 2.05) is 0 Å². The van der Waals surface area contributed by atoms with Gasteiger partial charge in [0.05, 0.1) is 23.2 Å². The van der Waals surface area contributed by atoms with Crippen LogP contribution in [0.1, 0.15) is 23.0 Å². The zero-order valence-corrected chi connectivity index (χ0v) is 10.2. The van der Waals surface area contributed by atoms with E-state index in [1.165, 1.54) is 0 Å². The van der Waals surface area contributed by atoms with Crippen molar-refractivity contribution in [3.8, 4) is 0 Å². The molecule has 8 heteroatoms. The van der Waals surface area contributed by atoms with E-state index in [-0.39, 0.29) is 17.6 Å². The SMILES string of the molecule is CCOC(=O)c1nc2ccc(C(F)(F)F)cc2[nH]c1=O. The number of fused-ring (bicyclic) bond motifs is 1. The fourth-order valence-electron chi connectivity index (χ4n) is 1.60. The molecule has 0 aliphatic rings. The van der Waals surface area contributed by atoms with Crippen LogP contribution in [0.3, 0.4) is 0 Å². The van der Waals surface area contributed by atoms with Gasteiger partial charge in [0, 0.05) is 0 Å². The molecule has 0 amide bonds. The van der Waals surface area contributed by atoms with Crippen molar-refractivity contribution in [2.45, 2.75) is 13.1 Å². The van der Waals surface area contributed by atoms with Crippen LogP contribution in [0.2, 0.25) is 0 Å². The molecule has 0 fully saturated rings. The normalized spacial score (nSPS) is 11.6. The Bertz CT molecular complexity index is 722. The first kappa shape index (κ1) is 14.0. The van der Waals surface area contributed by atoms with E-state index in [2.05, 4.69) is 14.7 Å². The molecule has 0 saturated heterocycles. The lowest BCUT2D eigenvalue weighted by Crippen LogP contribution is -2.22. The Morgan fingerprint density at radius 3 is 2.70 bits per heavy atom. The van der Waals surface area contributed by atoms with Crippen LogP contribution in [0.25, 0.3) is 11.0 Å². The van der Waals surface area contributed by atoms with Gasteiger partial charge in [-0.2, -0.15) is 13.2 Å². The molecule has 0 unspecified atom stereocenters. The summed E-state index contributed by atoms with van der Waals surface area (Å²) in [6.45, 7) is 1.62. The Kier molecular flexibility index (Phi) is 3.47. The number of H-pyrrole nitrogens is 1. The van der Waals surface area contributed by atoms with E-state index < -0.39 is 29.0 Å². The Hall–Kier alpha value is -2.38. The van der Waals surface area contributed by atoms with Crippen LogP contribution in [0.15, 0.2) is 23.0 Å². The molecule has 1 aromatic heterocycles. The molecule has 2 rings (SSSR count). The lowest BCUT2D eigenvalue weighted by Gasteiger charge is -2.07. The number of halogens is 3. The van der Waals surface area contributed by atoms with Crippen molar-refractivity contribution in [3.05, 3.63) is 39.8 Å². The fraction of sp³-hybridized carbons (Fsp3) is 0.250. The maximum atomic E-state index is 12.5. The molecule has 0 aliphatic carbocycles. The van der Waals surface area contributed by atoms with E-state index in [0.29, 0.717) is 0 Å². The Morgan fingerprint density at radius 2 is 2.10 bits per heavy atom. The maximum absolute atomic E-state index is 12.5. The molecular formula is C12H9F3N2O3. The fourth-order valence-corrected chi connectivity index (χ4v) is 1.60. The summed E-state index contributed by atoms with van der Waals surface area (Å²) in [6, 6.07) is 2.66. The van der Waals surface area contributed by atoms with Crippen molar-refractivity contribution in [1.29, 1.82) is 0 Å². The first-order chi connectivity index (χ1) is 9.32. The summed E-state index contributed by atoms with van der Waals surface area (Å²) in [5.41, 5.74) is -2.32. The van der Waals surface area contributed by atoms with Crippen molar-refractivity contribution in [2.24, 2.45) is 0 Å². The summed E-state index contributed by atoms with van der Waals surface area (Å²) in [4.78, 5) is 29.0. The van der Waals surface area contributed by atoms with E-state index in [1.54, 1.807) is 6.92 Å². The summed E-state index contributed by atoms with van der Waals surface area (Å²) < 4.78 is 42.2. The van der Waals surface area contributed by atoms with Gasteiger partial charge in [-0.25, -0.2) is 9.78 Å². The molecule has 0 aliphatic heterocycles. The van der Waals surface area contributed by atoms with Gasteiger partial charge in [-0.3, -0.25) is 4.79 Å². The second-order valence-corrected chi connectivity index (χ2v) is 3.86. The molecule has 5 nitrogen and oxygen atoms in total. The van der Waals surface area contributed by atoms with Crippen molar-refractivity contribution >= 4 is 17.0 Å². The first-order valence-corrected chi connectivity index (χ1v) is 5.61. The van der Waals surface area contributed by atoms with Gasteiger partial charge in [-0.05, 0) is 25.1 Å². The van der Waals surface area contributed by atoms with E-state index in [4.69, 9.17) is 0 Å². The quantitative estimate of drug-likeness (QED) is 0.858. The number of aromatic nitrogens is 2. The van der Waals surface area contributed by atoms with Crippen LogP contribution in [0.4, 0.5) is 13.2 Å². The second kappa shape index (κ2) is 4.95. The smallest absolute Gasteiger partial charge is 0.416 e. The predicted octanol–water partition coefficient (Wildman–Crippen LogP) is 2.12. The summed E-state index contributed by atoms with van der Waals surface area (Å²) in [5.74, 6) is -0.921. The monoisotopic (exact) mass is 286 g/mol. The highest BCUT2D eigenvalue weighted by molar-refractivity contribution is 5.89. The number of carbonyl (C=O) groups is 1. The van der Waals surface area contributed by atoms with E-state index >= 15 is 0 Å². The molecule has 0 radical (unpaired) electrons. The van der Waals surface area contributed by atoms with Crippen molar-refractivity contribution < 1.29 is 22.7 Å². The van der Waals surface area contributed by atoms with E-state index in [0.717, 1.165) is 18.2 Å². The summed E-state index contributed by atoms with van der Waals surface area (Å²) in [7, 11) is 0. The molecule has 2 aromatic rings. The van der Waals surface area contributed by atoms with Gasteiger partial charge < -0.3 is 9.72 Å². The minimum absolute atomic E-state index is 0.0605. The highest BCUT2D eigenvalue weighted by Crippen LogP contribution is 2.30. The summed E-state index contributed by atoms with van der Waals surface area (Å²) in [6.07, 6.45) is -4.52. The lowest BCUT2D eigenvalue weighted by atomic mass is 10.2. The minimum atomic E-state index is -4.52. The number of hydrogen-bond donors (Lipinski definition) is 1. The third-order valence-corrected chi connectivity index (χ3v) is 2.49. The van der Waals surface area contributed by atoms with Gasteiger partial charge >= 0.3 is 12.1 Å². The van der Waals surface area contributed by atoms with Gasteiger partial charge in [-0.1, -0.05) is 0 Å². The topological polar surface area (TPSA) is 72.0 Å². The zero-order valence-electron chi connectivity index (χ0n) is 10.2. The van der Waals surface area contributed by atoms with Gasteiger partial charge in [0.25, 0.3) is 5.56 Å². The number of nitrogens with one attached hydrogen (secondary N) is 1. The molecular weight excluding hydrogens is 277 g/mol. The average Bonchev–Trinajstić information content (AvgIpc) is 2.36. The predicted molar refractivity (Wildman–Crippen MR) is 63.3 cm³/mol. The minimum Gasteiger partial charge on any atom is -0.461 e. The van der Waals surface area contributed by atoms with Crippen molar-refractivity contribution in [2.75, 3.05) is 6.61 Å². The molecule has 0 atom stereocenters. The van der Waals surface area contributed by atoms with Crippen molar-refractivity contribution in [1.82, 2.24) is 9.97 Å². The van der Waals surface area contributed by atoms with E-state index in [9.17, 15) is 22.8 Å². The highest BCUT2D eigenvalue weighted by Gasteiger charge is 2.30. The summed E-state index contributed by atoms with van der Waals surface area (Å²) >= 11 is 0. The van der Waals surface area contributed by atoms with Crippen LogP contribution < -0.4 is 5.56 Å². The van der Waals surface area contributed by atoms with Crippen LogP contribution >= 0.6 is 0 Å². The number of ether oxygens (including phenoxy) is 1. The van der Waals surface area contributed by atoms with Crippen LogP contribution in [-0.2, 0) is 10.9 Å². The van der Waals surface area contributed by atoms with Gasteiger partial charge in [-0.15, -0.1) is 0 Å². The third-order valence-electron chi connectivity index (χ3n) is 2.49. The van der Waals surface area contributed by atoms with Crippen LogP contribution in [-0.4, -0.2) is 22.5 Å². The molecule has 0 spiro atoms. The molecule has 0 bridgehead atoms. The first-order valence-electron chi connectivity index (χ1n) is 5.61. The molecule has 0 saturated carbocycles. The largest absolute Gasteiger partial charge is 0.461 e. The molecule has 1 aromatic carbocycles. The Labute approximate surface area is 110 Å². The van der Waals surface area contributed by atoms with Crippen molar-refractivity contribution in [3.63, 3.8) is 0 Å². The standard InChI is InChI=1S/C12H9F3N2O3/c1-2-20-11(19)9-10(18)17-8-5-6(12(13,14)15)3-4-7(8)16-9/h3-5H,2H2,1H3,(H,17,18). The van der Waals surface area contributed by atoms with Gasteiger partial charge in [0.2, 0.25) is 5.69 Å². The number of esters is 1. The lowest BCUT2D eigenvalue weighted by molar-refractivity contribution is -0.137. The number of benzene rings is 1. The van der Waals surface area contributed by atoms with Crippen LogP contribution in [0, 0.1) is 0 Å². The van der Waals surface area contributed by atoms with Crippen LogP contribution in [0.5, 0.6) is 0 Å². The van der Waals surface area contributed by atoms with Gasteiger partial charge in [0.15, 0.2) is 0 Å². The number of hydrogen-bond acceptors (Lipinski definition) is 4. The molecule has 1 N–H and O–H groups in total. The second-order valence-electron chi connectivity index (χ2n) is 3.86. The Balaban J connectivity index is 2.57.